The molecular formula is C25H50O2. The van der Waals surface area contributed by atoms with Crippen LogP contribution in [0.5, 0.6) is 0 Å². The van der Waals surface area contributed by atoms with Crippen LogP contribution in [0, 0.1) is 27.1 Å². The molecule has 0 atom stereocenters. The van der Waals surface area contributed by atoms with E-state index in [2.05, 4.69) is 76.2 Å². The van der Waals surface area contributed by atoms with Gasteiger partial charge in [-0.2, -0.15) is 0 Å². The lowest BCUT2D eigenvalue weighted by molar-refractivity contribution is -0.334. The summed E-state index contributed by atoms with van der Waals surface area (Å²) >= 11 is 0. The quantitative estimate of drug-likeness (QED) is 0.239. The van der Waals surface area contributed by atoms with Gasteiger partial charge in [-0.05, 0) is 72.0 Å². The van der Waals surface area contributed by atoms with Gasteiger partial charge in [0.15, 0.2) is 0 Å². The summed E-state index contributed by atoms with van der Waals surface area (Å²) in [6, 6.07) is 0. The third-order valence-corrected chi connectivity index (χ3v) is 6.81. The molecule has 0 unspecified atom stereocenters. The first-order valence-corrected chi connectivity index (χ1v) is 11.3. The molecule has 1 fully saturated rings. The Kier molecular flexibility index (Phi) is 8.08. The van der Waals surface area contributed by atoms with Crippen molar-refractivity contribution in [1.29, 1.82) is 0 Å². The Bertz CT molecular complexity index is 410. The van der Waals surface area contributed by atoms with Crippen molar-refractivity contribution in [3.05, 3.63) is 0 Å². The van der Waals surface area contributed by atoms with E-state index >= 15 is 0 Å². The Morgan fingerprint density at radius 3 is 1.48 bits per heavy atom. The van der Waals surface area contributed by atoms with E-state index in [0.29, 0.717) is 22.9 Å². The second-order valence-corrected chi connectivity index (χ2v) is 12.9. The van der Waals surface area contributed by atoms with Gasteiger partial charge in [0.1, 0.15) is 0 Å². The fourth-order valence-corrected chi connectivity index (χ4v) is 6.67. The molecule has 1 aliphatic rings. The van der Waals surface area contributed by atoms with Crippen LogP contribution in [0.15, 0.2) is 0 Å². The molecule has 1 aliphatic carbocycles. The van der Waals surface area contributed by atoms with Crippen molar-refractivity contribution < 1.29 is 9.78 Å². The average molecular weight is 383 g/mol. The fourth-order valence-electron chi connectivity index (χ4n) is 6.67. The molecule has 0 N–H and O–H groups in total. The maximum absolute atomic E-state index is 5.74. The second kappa shape index (κ2) is 8.74. The number of hydrogen-bond acceptors (Lipinski definition) is 2. The molecule has 0 aromatic heterocycles. The molecule has 0 spiro atoms. The van der Waals surface area contributed by atoms with Crippen molar-refractivity contribution in [3.63, 3.8) is 0 Å². The van der Waals surface area contributed by atoms with Gasteiger partial charge < -0.3 is 0 Å². The van der Waals surface area contributed by atoms with Gasteiger partial charge in [0, 0.05) is 0 Å². The Hall–Kier alpha value is -0.0800. The minimum Gasteiger partial charge on any atom is -0.236 e. The monoisotopic (exact) mass is 382 g/mol. The highest BCUT2D eigenvalue weighted by atomic mass is 17.2. The molecule has 0 aromatic rings. The Labute approximate surface area is 171 Å². The lowest BCUT2D eigenvalue weighted by Gasteiger charge is -2.61. The van der Waals surface area contributed by atoms with Crippen molar-refractivity contribution in [2.24, 2.45) is 27.1 Å². The van der Waals surface area contributed by atoms with Crippen LogP contribution in [0.4, 0.5) is 0 Å². The average Bonchev–Trinajstić information content (AvgIpc) is 2.42. The van der Waals surface area contributed by atoms with Crippen LogP contribution >= 0.6 is 0 Å². The summed E-state index contributed by atoms with van der Waals surface area (Å²) in [5, 5.41) is 0. The molecule has 0 saturated heterocycles. The molecule has 0 aromatic carbocycles. The van der Waals surface area contributed by atoms with Crippen LogP contribution in [0.25, 0.3) is 0 Å². The van der Waals surface area contributed by atoms with Gasteiger partial charge in [0.2, 0.25) is 0 Å². The van der Waals surface area contributed by atoms with Gasteiger partial charge in [-0.1, -0.05) is 76.2 Å². The number of rotatable bonds is 8. The van der Waals surface area contributed by atoms with E-state index in [4.69, 9.17) is 9.78 Å². The van der Waals surface area contributed by atoms with Gasteiger partial charge in [0.25, 0.3) is 0 Å². The zero-order valence-electron chi connectivity index (χ0n) is 20.6. The Morgan fingerprint density at radius 2 is 1.15 bits per heavy atom. The van der Waals surface area contributed by atoms with E-state index in [-0.39, 0.29) is 16.9 Å². The van der Waals surface area contributed by atoms with Crippen molar-refractivity contribution in [3.8, 4) is 0 Å². The SMILES string of the molecule is CCCOOC1CCC(C(C)(C)CC(C)(C)C)(C(C)(C)CC(C)(C)C)CC1. The van der Waals surface area contributed by atoms with Crippen LogP contribution in [0.3, 0.4) is 0 Å². The van der Waals surface area contributed by atoms with E-state index in [1.807, 2.05) is 0 Å². The fraction of sp³-hybridized carbons (Fsp3) is 1.00. The van der Waals surface area contributed by atoms with E-state index in [9.17, 15) is 0 Å². The molecule has 0 bridgehead atoms. The van der Waals surface area contributed by atoms with E-state index in [1.165, 1.54) is 25.7 Å². The largest absolute Gasteiger partial charge is 0.236 e. The molecule has 2 heteroatoms. The minimum absolute atomic E-state index is 0.264. The predicted molar refractivity (Wildman–Crippen MR) is 118 cm³/mol. The Balaban J connectivity index is 3.12. The first kappa shape index (κ1) is 25.0. The van der Waals surface area contributed by atoms with Crippen LogP contribution < -0.4 is 0 Å². The summed E-state index contributed by atoms with van der Waals surface area (Å²) < 4.78 is 0. The standard InChI is InChI=1S/C25H50O2/c1-12-17-26-27-20-13-15-25(16-14-20,23(8,9)18-21(2,3)4)24(10,11)19-22(5,6)7/h20H,12-19H2,1-11H3. The minimum atomic E-state index is 0.264. The third-order valence-electron chi connectivity index (χ3n) is 6.81. The molecule has 0 heterocycles. The van der Waals surface area contributed by atoms with E-state index in [1.54, 1.807) is 0 Å². The summed E-state index contributed by atoms with van der Waals surface area (Å²) in [4.78, 5) is 11.2. The number of hydrogen-bond donors (Lipinski definition) is 0. The summed E-state index contributed by atoms with van der Waals surface area (Å²) in [6.07, 6.45) is 8.49. The van der Waals surface area contributed by atoms with Crippen LogP contribution in [0.1, 0.15) is 121 Å². The lowest BCUT2D eigenvalue weighted by atomic mass is 9.44. The van der Waals surface area contributed by atoms with Gasteiger partial charge in [0.05, 0.1) is 12.7 Å². The normalized spacial score (nSPS) is 20.1. The lowest BCUT2D eigenvalue weighted by Crippen LogP contribution is -2.53. The highest BCUT2D eigenvalue weighted by Crippen LogP contribution is 2.65. The topological polar surface area (TPSA) is 18.5 Å². The zero-order chi connectivity index (χ0) is 21.1. The molecule has 1 rings (SSSR count). The van der Waals surface area contributed by atoms with Gasteiger partial charge >= 0.3 is 0 Å². The summed E-state index contributed by atoms with van der Waals surface area (Å²) in [7, 11) is 0. The second-order valence-electron chi connectivity index (χ2n) is 12.9. The van der Waals surface area contributed by atoms with Crippen LogP contribution in [-0.2, 0) is 9.78 Å². The van der Waals surface area contributed by atoms with E-state index in [0.717, 1.165) is 19.3 Å². The first-order chi connectivity index (χ1) is 12.1. The maximum atomic E-state index is 5.74. The molecular weight excluding hydrogens is 332 g/mol. The van der Waals surface area contributed by atoms with Crippen LogP contribution in [-0.4, -0.2) is 12.7 Å². The first-order valence-electron chi connectivity index (χ1n) is 11.3. The van der Waals surface area contributed by atoms with Crippen molar-refractivity contribution >= 4 is 0 Å². The van der Waals surface area contributed by atoms with Crippen molar-refractivity contribution in [1.82, 2.24) is 0 Å². The highest BCUT2D eigenvalue weighted by molar-refractivity contribution is 5.06. The Morgan fingerprint density at radius 1 is 0.741 bits per heavy atom. The molecule has 1 saturated carbocycles. The summed E-state index contributed by atoms with van der Waals surface area (Å²) in [5.41, 5.74) is 1.58. The highest BCUT2D eigenvalue weighted by Gasteiger charge is 2.56. The van der Waals surface area contributed by atoms with Crippen molar-refractivity contribution in [2.75, 3.05) is 6.61 Å². The predicted octanol–water partition coefficient (Wildman–Crippen LogP) is 8.20. The third kappa shape index (κ3) is 6.74. The summed E-state index contributed by atoms with van der Waals surface area (Å²) in [6.45, 7) is 27.4. The van der Waals surface area contributed by atoms with Crippen molar-refractivity contribution in [2.45, 2.75) is 127 Å². The molecule has 27 heavy (non-hydrogen) atoms. The summed E-state index contributed by atoms with van der Waals surface area (Å²) in [5.74, 6) is 0. The smallest absolute Gasteiger partial charge is 0.0930 e. The van der Waals surface area contributed by atoms with E-state index < -0.39 is 0 Å². The molecule has 0 radical (unpaired) electrons. The molecule has 162 valence electrons. The molecule has 0 amide bonds. The van der Waals surface area contributed by atoms with Gasteiger partial charge in [-0.25, -0.2) is 9.78 Å². The maximum Gasteiger partial charge on any atom is 0.0930 e. The molecule has 0 aliphatic heterocycles. The molecule has 2 nitrogen and oxygen atoms in total. The van der Waals surface area contributed by atoms with Gasteiger partial charge in [-0.15, -0.1) is 0 Å². The zero-order valence-corrected chi connectivity index (χ0v) is 20.6. The van der Waals surface area contributed by atoms with Gasteiger partial charge in [-0.3, -0.25) is 0 Å². The van der Waals surface area contributed by atoms with Crippen LogP contribution in [0.2, 0.25) is 0 Å².